The number of fused-ring (bicyclic) bond motifs is 3. The minimum Gasteiger partial charge on any atom is -0.497 e. The van der Waals surface area contributed by atoms with Gasteiger partial charge in [-0.25, -0.2) is 0 Å². The largest absolute Gasteiger partial charge is 0.497 e. The molecule has 1 saturated carbocycles. The highest BCUT2D eigenvalue weighted by molar-refractivity contribution is 5.82. The Labute approximate surface area is 204 Å². The molecule has 2 aromatic carbocycles. The first-order chi connectivity index (χ1) is 16.8. The molecular weight excluding hydrogens is 455 g/mol. The third kappa shape index (κ3) is 4.93. The molecule has 35 heavy (non-hydrogen) atoms. The van der Waals surface area contributed by atoms with Crippen LogP contribution in [-0.4, -0.2) is 44.7 Å². The van der Waals surface area contributed by atoms with Crippen molar-refractivity contribution in [1.82, 2.24) is 5.32 Å². The van der Waals surface area contributed by atoms with Gasteiger partial charge in [0.05, 0.1) is 24.6 Å². The first kappa shape index (κ1) is 23.8. The van der Waals surface area contributed by atoms with Gasteiger partial charge < -0.3 is 19.9 Å². The van der Waals surface area contributed by atoms with Gasteiger partial charge in [0.1, 0.15) is 5.75 Å². The molecule has 2 heterocycles. The molecule has 0 radical (unpaired) electrons. The topological polar surface area (TPSA) is 44.8 Å². The Balaban J connectivity index is 1.44. The number of hydrogen-bond donors (Lipinski definition) is 1. The van der Waals surface area contributed by atoms with Gasteiger partial charge in [-0.1, -0.05) is 19.3 Å². The standard InChI is InChI=1S/C27H32F3N3O2/c1-35-22-10-8-21(9-11-22)32-13-14-33-24-12-7-19(27(28,29)30)15-18(24)16-23(25(33)17-32)26(34)31-20-5-3-2-4-6-20/h7-12,15,20,23,25H,2-6,13-14,16-17H2,1H3,(H,31,34)/t23-,25+/m1/s1. The molecule has 1 N–H and O–H groups in total. The Morgan fingerprint density at radius 3 is 2.46 bits per heavy atom. The number of nitrogens with zero attached hydrogens (tertiary/aromatic N) is 2. The lowest BCUT2D eigenvalue weighted by Crippen LogP contribution is -2.61. The van der Waals surface area contributed by atoms with Gasteiger partial charge in [-0.2, -0.15) is 13.2 Å². The van der Waals surface area contributed by atoms with Crippen LogP contribution in [0.25, 0.3) is 0 Å². The fourth-order valence-electron chi connectivity index (χ4n) is 5.88. The quantitative estimate of drug-likeness (QED) is 0.657. The maximum Gasteiger partial charge on any atom is 0.416 e. The molecule has 0 unspecified atom stereocenters. The molecular formula is C27H32F3N3O2. The van der Waals surface area contributed by atoms with Gasteiger partial charge in [0.2, 0.25) is 5.91 Å². The summed E-state index contributed by atoms with van der Waals surface area (Å²) in [5.41, 5.74) is 1.82. The minimum absolute atomic E-state index is 0.0356. The molecule has 3 aliphatic rings. The number of anilines is 2. The summed E-state index contributed by atoms with van der Waals surface area (Å²) in [6.07, 6.45) is 1.26. The fourth-order valence-corrected chi connectivity index (χ4v) is 5.88. The van der Waals surface area contributed by atoms with E-state index in [4.69, 9.17) is 4.74 Å². The molecule has 1 aliphatic carbocycles. The number of nitrogens with one attached hydrogen (secondary N) is 1. The summed E-state index contributed by atoms with van der Waals surface area (Å²) in [5.74, 6) is 0.338. The van der Waals surface area contributed by atoms with Crippen molar-refractivity contribution in [3.8, 4) is 5.75 Å². The fraction of sp³-hybridized carbons (Fsp3) is 0.519. The highest BCUT2D eigenvalue weighted by atomic mass is 19.4. The average molecular weight is 488 g/mol. The molecule has 5 nitrogen and oxygen atoms in total. The highest BCUT2D eigenvalue weighted by Gasteiger charge is 2.43. The number of alkyl halides is 3. The molecule has 2 aliphatic heterocycles. The predicted molar refractivity (Wildman–Crippen MR) is 130 cm³/mol. The molecule has 8 heteroatoms. The van der Waals surface area contributed by atoms with E-state index in [9.17, 15) is 18.0 Å². The van der Waals surface area contributed by atoms with Crippen LogP contribution in [-0.2, 0) is 17.4 Å². The van der Waals surface area contributed by atoms with Crippen LogP contribution in [0.4, 0.5) is 24.5 Å². The van der Waals surface area contributed by atoms with E-state index < -0.39 is 17.7 Å². The van der Waals surface area contributed by atoms with Crippen molar-refractivity contribution >= 4 is 17.3 Å². The minimum atomic E-state index is -4.40. The lowest BCUT2D eigenvalue weighted by atomic mass is 9.82. The summed E-state index contributed by atoms with van der Waals surface area (Å²) in [6.45, 7) is 2.00. The SMILES string of the molecule is COc1ccc(N2CCN3c4ccc(C(F)(F)F)cc4C[C@@H](C(=O)NC4CCCCC4)[C@@H]3C2)cc1. The van der Waals surface area contributed by atoms with Crippen molar-refractivity contribution < 1.29 is 22.7 Å². The van der Waals surface area contributed by atoms with Gasteiger partial charge in [-0.3, -0.25) is 4.79 Å². The van der Waals surface area contributed by atoms with E-state index in [0.717, 1.165) is 55.4 Å². The van der Waals surface area contributed by atoms with Gasteiger partial charge in [0.15, 0.2) is 0 Å². The van der Waals surface area contributed by atoms with Crippen LogP contribution in [0.1, 0.15) is 43.2 Å². The van der Waals surface area contributed by atoms with Crippen molar-refractivity contribution in [2.45, 2.75) is 56.8 Å². The predicted octanol–water partition coefficient (Wildman–Crippen LogP) is 5.03. The first-order valence-corrected chi connectivity index (χ1v) is 12.5. The van der Waals surface area contributed by atoms with Crippen LogP contribution >= 0.6 is 0 Å². The maximum atomic E-state index is 13.5. The van der Waals surface area contributed by atoms with Crippen LogP contribution in [0.2, 0.25) is 0 Å². The third-order valence-corrected chi connectivity index (χ3v) is 7.77. The Hall–Kier alpha value is -2.90. The number of methoxy groups -OCH3 is 1. The lowest BCUT2D eigenvalue weighted by Gasteiger charge is -2.50. The smallest absolute Gasteiger partial charge is 0.416 e. The van der Waals surface area contributed by atoms with Crippen molar-refractivity contribution in [2.24, 2.45) is 5.92 Å². The van der Waals surface area contributed by atoms with Gasteiger partial charge >= 0.3 is 6.18 Å². The second-order valence-corrected chi connectivity index (χ2v) is 9.90. The van der Waals surface area contributed by atoms with E-state index in [0.29, 0.717) is 25.1 Å². The lowest BCUT2D eigenvalue weighted by molar-refractivity contribution is -0.137. The summed E-state index contributed by atoms with van der Waals surface area (Å²) in [7, 11) is 1.63. The summed E-state index contributed by atoms with van der Waals surface area (Å²) in [6, 6.07) is 11.9. The van der Waals surface area contributed by atoms with Crippen LogP contribution in [0.5, 0.6) is 5.75 Å². The molecule has 1 amide bonds. The highest BCUT2D eigenvalue weighted by Crippen LogP contribution is 2.40. The Morgan fingerprint density at radius 1 is 1.03 bits per heavy atom. The molecule has 0 aromatic heterocycles. The number of ether oxygens (including phenoxy) is 1. The maximum absolute atomic E-state index is 13.5. The van der Waals surface area contributed by atoms with Crippen molar-refractivity contribution in [3.05, 3.63) is 53.6 Å². The van der Waals surface area contributed by atoms with Crippen molar-refractivity contribution in [2.75, 3.05) is 36.5 Å². The number of carbonyl (C=O) groups excluding carboxylic acids is 1. The van der Waals surface area contributed by atoms with E-state index in [1.54, 1.807) is 13.2 Å². The van der Waals surface area contributed by atoms with E-state index in [2.05, 4.69) is 15.1 Å². The van der Waals surface area contributed by atoms with Gasteiger partial charge in [-0.05, 0) is 67.3 Å². The van der Waals surface area contributed by atoms with Crippen LogP contribution in [0, 0.1) is 5.92 Å². The second-order valence-electron chi connectivity index (χ2n) is 9.90. The number of carbonyl (C=O) groups is 1. The Morgan fingerprint density at radius 2 is 1.77 bits per heavy atom. The number of hydrogen-bond acceptors (Lipinski definition) is 4. The number of halogens is 3. The number of benzene rings is 2. The Kier molecular flexibility index (Phi) is 6.55. The zero-order valence-corrected chi connectivity index (χ0v) is 20.0. The summed E-state index contributed by atoms with van der Waals surface area (Å²) < 4.78 is 45.6. The van der Waals surface area contributed by atoms with E-state index in [-0.39, 0.29) is 18.0 Å². The molecule has 188 valence electrons. The molecule has 5 rings (SSSR count). The number of amides is 1. The van der Waals surface area contributed by atoms with Gasteiger partial charge in [0.25, 0.3) is 0 Å². The molecule has 2 atom stereocenters. The van der Waals surface area contributed by atoms with Crippen LogP contribution in [0.15, 0.2) is 42.5 Å². The monoisotopic (exact) mass is 487 g/mol. The zero-order chi connectivity index (χ0) is 24.6. The normalized spacial score (nSPS) is 22.9. The summed E-state index contributed by atoms with van der Waals surface area (Å²) >= 11 is 0. The number of rotatable bonds is 4. The third-order valence-electron chi connectivity index (χ3n) is 7.77. The zero-order valence-electron chi connectivity index (χ0n) is 20.0. The molecule has 1 saturated heterocycles. The molecule has 0 bridgehead atoms. The van der Waals surface area contributed by atoms with Crippen molar-refractivity contribution in [3.63, 3.8) is 0 Å². The van der Waals surface area contributed by atoms with Crippen molar-refractivity contribution in [1.29, 1.82) is 0 Å². The van der Waals surface area contributed by atoms with Crippen LogP contribution in [0.3, 0.4) is 0 Å². The Bertz CT molecular complexity index is 1050. The van der Waals surface area contributed by atoms with E-state index in [1.165, 1.54) is 12.5 Å². The van der Waals surface area contributed by atoms with E-state index in [1.807, 2.05) is 24.3 Å². The first-order valence-electron chi connectivity index (χ1n) is 12.5. The van der Waals surface area contributed by atoms with Gasteiger partial charge in [0, 0.05) is 37.1 Å². The molecule has 0 spiro atoms. The molecule has 2 fully saturated rings. The van der Waals surface area contributed by atoms with E-state index >= 15 is 0 Å². The second kappa shape index (κ2) is 9.63. The molecule has 2 aromatic rings. The summed E-state index contributed by atoms with van der Waals surface area (Å²) in [4.78, 5) is 18.0. The van der Waals surface area contributed by atoms with Crippen LogP contribution < -0.4 is 19.9 Å². The average Bonchev–Trinajstić information content (AvgIpc) is 2.87. The van der Waals surface area contributed by atoms with Gasteiger partial charge in [-0.15, -0.1) is 0 Å². The summed E-state index contributed by atoms with van der Waals surface area (Å²) in [5, 5.41) is 3.24. The number of piperazine rings is 1.